The minimum absolute atomic E-state index is 0.197. The van der Waals surface area contributed by atoms with Gasteiger partial charge in [-0.3, -0.25) is 0 Å². The van der Waals surface area contributed by atoms with Gasteiger partial charge in [0.25, 0.3) is 0 Å². The molecule has 0 aliphatic heterocycles. The highest BCUT2D eigenvalue weighted by Gasteiger charge is 2.26. The van der Waals surface area contributed by atoms with E-state index in [-0.39, 0.29) is 5.92 Å². The Morgan fingerprint density at radius 1 is 1.53 bits per heavy atom. The number of aldehydes is 1. The second-order valence-corrected chi connectivity index (χ2v) is 6.02. The molecule has 0 heterocycles. The van der Waals surface area contributed by atoms with Crippen molar-refractivity contribution in [1.82, 2.24) is 0 Å². The quantitative estimate of drug-likeness (QED) is 0.506. The summed E-state index contributed by atoms with van der Waals surface area (Å²) in [5, 5.41) is 0. The first-order valence-corrected chi connectivity index (χ1v) is 6.06. The van der Waals surface area contributed by atoms with Gasteiger partial charge in [-0.25, -0.2) is 0 Å². The van der Waals surface area contributed by atoms with Gasteiger partial charge in [-0.05, 0) is 37.0 Å². The smallest absolute Gasteiger partial charge is 0.123 e. The van der Waals surface area contributed by atoms with Gasteiger partial charge in [0.15, 0.2) is 0 Å². The molecular formula is C14H24O. The maximum absolute atomic E-state index is 10.6. The van der Waals surface area contributed by atoms with Crippen molar-refractivity contribution in [3.05, 3.63) is 11.6 Å². The Balaban J connectivity index is 2.48. The summed E-state index contributed by atoms with van der Waals surface area (Å²) < 4.78 is 0. The maximum Gasteiger partial charge on any atom is 0.123 e. The van der Waals surface area contributed by atoms with Crippen LogP contribution in [0, 0.1) is 17.3 Å². The van der Waals surface area contributed by atoms with Gasteiger partial charge < -0.3 is 4.79 Å². The van der Waals surface area contributed by atoms with Crippen LogP contribution in [-0.2, 0) is 4.79 Å². The van der Waals surface area contributed by atoms with Gasteiger partial charge in [-0.2, -0.15) is 0 Å². The monoisotopic (exact) mass is 208 g/mol. The summed E-state index contributed by atoms with van der Waals surface area (Å²) in [5.74, 6) is 1.01. The van der Waals surface area contributed by atoms with Gasteiger partial charge in [0.2, 0.25) is 0 Å². The molecule has 0 bridgehead atoms. The summed E-state index contributed by atoms with van der Waals surface area (Å²) in [4.78, 5) is 10.6. The summed E-state index contributed by atoms with van der Waals surface area (Å²) in [7, 11) is 0. The lowest BCUT2D eigenvalue weighted by atomic mass is 9.72. The van der Waals surface area contributed by atoms with E-state index in [2.05, 4.69) is 26.8 Å². The molecule has 1 heteroatoms. The molecule has 0 fully saturated rings. The Morgan fingerprint density at radius 3 is 2.60 bits per heavy atom. The van der Waals surface area contributed by atoms with Gasteiger partial charge in [0.05, 0.1) is 0 Å². The summed E-state index contributed by atoms with van der Waals surface area (Å²) >= 11 is 0. The van der Waals surface area contributed by atoms with E-state index in [1.54, 1.807) is 0 Å². The summed E-state index contributed by atoms with van der Waals surface area (Å²) in [6.07, 6.45) is 8.10. The van der Waals surface area contributed by atoms with Crippen molar-refractivity contribution in [3.63, 3.8) is 0 Å². The predicted octanol–water partition coefficient (Wildman–Crippen LogP) is 3.98. The minimum atomic E-state index is 0.197. The lowest BCUT2D eigenvalue weighted by Gasteiger charge is -2.33. The Hall–Kier alpha value is -0.590. The molecule has 1 aliphatic carbocycles. The number of carbonyl (C=O) groups excluding carboxylic acids is 1. The first-order valence-electron chi connectivity index (χ1n) is 6.06. The normalized spacial score (nSPS) is 24.5. The van der Waals surface area contributed by atoms with E-state index in [9.17, 15) is 4.79 Å². The molecule has 86 valence electrons. The summed E-state index contributed by atoms with van der Waals surface area (Å²) in [6, 6.07) is 0. The van der Waals surface area contributed by atoms with Crippen molar-refractivity contribution in [2.75, 3.05) is 0 Å². The van der Waals surface area contributed by atoms with Crippen LogP contribution < -0.4 is 0 Å². The van der Waals surface area contributed by atoms with Crippen LogP contribution in [0.1, 0.15) is 53.4 Å². The third-order valence-corrected chi connectivity index (χ3v) is 3.55. The molecule has 2 atom stereocenters. The molecule has 15 heavy (non-hydrogen) atoms. The Kier molecular flexibility index (Phi) is 4.12. The highest BCUT2D eigenvalue weighted by Crippen LogP contribution is 2.38. The summed E-state index contributed by atoms with van der Waals surface area (Å²) in [6.45, 7) is 8.98. The fourth-order valence-electron chi connectivity index (χ4n) is 2.32. The van der Waals surface area contributed by atoms with Crippen molar-refractivity contribution in [2.45, 2.75) is 53.4 Å². The minimum Gasteiger partial charge on any atom is -0.303 e. The van der Waals surface area contributed by atoms with Crippen LogP contribution in [0.3, 0.4) is 0 Å². The molecule has 0 saturated carbocycles. The average Bonchev–Trinajstić information content (AvgIpc) is 2.17. The lowest BCUT2D eigenvalue weighted by Crippen LogP contribution is -2.22. The Morgan fingerprint density at radius 2 is 2.20 bits per heavy atom. The third kappa shape index (κ3) is 3.81. The molecule has 0 aromatic heterocycles. The molecule has 0 aromatic rings. The molecule has 0 radical (unpaired) electrons. The van der Waals surface area contributed by atoms with E-state index in [4.69, 9.17) is 0 Å². The molecule has 0 spiro atoms. The molecule has 0 aromatic carbocycles. The molecule has 1 aliphatic rings. The van der Waals surface area contributed by atoms with E-state index in [0.29, 0.717) is 5.41 Å². The third-order valence-electron chi connectivity index (χ3n) is 3.55. The van der Waals surface area contributed by atoms with Gasteiger partial charge >= 0.3 is 0 Å². The number of hydrogen-bond donors (Lipinski definition) is 0. The van der Waals surface area contributed by atoms with Crippen molar-refractivity contribution in [2.24, 2.45) is 17.3 Å². The van der Waals surface area contributed by atoms with Crippen LogP contribution in [0.15, 0.2) is 11.6 Å². The number of allylic oxidation sites excluding steroid dienone is 2. The molecule has 0 amide bonds. The Labute approximate surface area is 93.9 Å². The largest absolute Gasteiger partial charge is 0.303 e. The molecule has 1 rings (SSSR count). The first-order chi connectivity index (χ1) is 6.93. The van der Waals surface area contributed by atoms with Crippen molar-refractivity contribution < 1.29 is 4.79 Å². The predicted molar refractivity (Wildman–Crippen MR) is 64.7 cm³/mol. The highest BCUT2D eigenvalue weighted by atomic mass is 16.1. The van der Waals surface area contributed by atoms with Gasteiger partial charge in [0, 0.05) is 5.92 Å². The standard InChI is InChI=1S/C14H24O/c1-11(10-15)9-12-5-7-13(8-6-12)14(2,3)4/h5,10-11,13H,6-9H2,1-4H3/t11?,13-/m1/s1. The van der Waals surface area contributed by atoms with Crippen LogP contribution >= 0.6 is 0 Å². The number of carbonyl (C=O) groups is 1. The molecule has 1 nitrogen and oxygen atoms in total. The Bertz CT molecular complexity index is 245. The van der Waals surface area contributed by atoms with E-state index < -0.39 is 0 Å². The van der Waals surface area contributed by atoms with Crippen molar-refractivity contribution in [3.8, 4) is 0 Å². The van der Waals surface area contributed by atoms with Crippen LogP contribution in [0.4, 0.5) is 0 Å². The van der Waals surface area contributed by atoms with Crippen molar-refractivity contribution in [1.29, 1.82) is 0 Å². The zero-order valence-electron chi connectivity index (χ0n) is 10.5. The van der Waals surface area contributed by atoms with E-state index in [1.165, 1.54) is 24.8 Å². The zero-order chi connectivity index (χ0) is 11.5. The fourth-order valence-corrected chi connectivity index (χ4v) is 2.32. The van der Waals surface area contributed by atoms with Gasteiger partial charge in [-0.15, -0.1) is 0 Å². The molecule has 1 unspecified atom stereocenters. The first kappa shape index (κ1) is 12.5. The number of hydrogen-bond acceptors (Lipinski definition) is 1. The molecule has 0 saturated heterocycles. The SMILES string of the molecule is CC(C=O)CC1=CC[C@@H](C(C)(C)C)CC1. The van der Waals surface area contributed by atoms with E-state index in [1.807, 2.05) is 6.92 Å². The van der Waals surface area contributed by atoms with Gasteiger partial charge in [-0.1, -0.05) is 39.3 Å². The van der Waals surface area contributed by atoms with Crippen molar-refractivity contribution >= 4 is 6.29 Å². The highest BCUT2D eigenvalue weighted by molar-refractivity contribution is 5.53. The van der Waals surface area contributed by atoms with E-state index >= 15 is 0 Å². The molecule has 0 N–H and O–H groups in total. The van der Waals surface area contributed by atoms with Crippen LogP contribution in [0.5, 0.6) is 0 Å². The maximum atomic E-state index is 10.6. The second kappa shape index (κ2) is 4.96. The van der Waals surface area contributed by atoms with Crippen LogP contribution in [0.25, 0.3) is 0 Å². The van der Waals surface area contributed by atoms with Gasteiger partial charge in [0.1, 0.15) is 6.29 Å². The van der Waals surface area contributed by atoms with Crippen LogP contribution in [0.2, 0.25) is 0 Å². The van der Waals surface area contributed by atoms with E-state index in [0.717, 1.165) is 18.6 Å². The average molecular weight is 208 g/mol. The zero-order valence-corrected chi connectivity index (χ0v) is 10.5. The number of rotatable bonds is 3. The second-order valence-electron chi connectivity index (χ2n) is 6.02. The topological polar surface area (TPSA) is 17.1 Å². The van der Waals surface area contributed by atoms with Crippen LogP contribution in [-0.4, -0.2) is 6.29 Å². The molecular weight excluding hydrogens is 184 g/mol. The lowest BCUT2D eigenvalue weighted by molar-refractivity contribution is -0.110. The summed E-state index contributed by atoms with van der Waals surface area (Å²) in [5.41, 5.74) is 1.92. The fraction of sp³-hybridized carbons (Fsp3) is 0.786.